The van der Waals surface area contributed by atoms with Gasteiger partial charge in [-0.15, -0.1) is 0 Å². The third kappa shape index (κ3) is 2.76. The van der Waals surface area contributed by atoms with E-state index in [1.54, 1.807) is 12.1 Å². The Bertz CT molecular complexity index is 545. The van der Waals surface area contributed by atoms with Crippen LogP contribution in [0.15, 0.2) is 24.3 Å². The van der Waals surface area contributed by atoms with Gasteiger partial charge in [0.15, 0.2) is 0 Å². The first-order valence-electron chi connectivity index (χ1n) is 7.27. The van der Waals surface area contributed by atoms with Gasteiger partial charge in [0.2, 0.25) is 5.91 Å². The fraction of sp³-hybridized carbons (Fsp3) is 0.533. The summed E-state index contributed by atoms with van der Waals surface area (Å²) >= 11 is 0. The molecule has 2 fully saturated rings. The predicted octanol–water partition coefficient (Wildman–Crippen LogP) is 1.92. The number of hydrogen-bond acceptors (Lipinski definition) is 4. The number of rotatable bonds is 5. The largest absolute Gasteiger partial charge is 0.376 e. The normalized spacial score (nSPS) is 22.8. The molecule has 1 saturated heterocycles. The van der Waals surface area contributed by atoms with Gasteiger partial charge < -0.3 is 10.1 Å². The van der Waals surface area contributed by atoms with Gasteiger partial charge in [-0.2, -0.15) is 0 Å². The molecule has 1 amide bonds. The minimum atomic E-state index is -0.492. The highest BCUT2D eigenvalue weighted by molar-refractivity contribution is 5.91. The van der Waals surface area contributed by atoms with E-state index >= 15 is 0 Å². The van der Waals surface area contributed by atoms with Gasteiger partial charge >= 0.3 is 0 Å². The van der Waals surface area contributed by atoms with E-state index < -0.39 is 10.3 Å². The smallest absolute Gasteiger partial charge is 0.269 e. The van der Waals surface area contributed by atoms with Crippen LogP contribution < -0.4 is 5.32 Å². The summed E-state index contributed by atoms with van der Waals surface area (Å²) in [6.07, 6.45) is 3.75. The van der Waals surface area contributed by atoms with E-state index in [1.807, 2.05) is 0 Å². The molecule has 1 aliphatic heterocycles. The molecule has 2 aliphatic rings. The fourth-order valence-electron chi connectivity index (χ4n) is 2.86. The van der Waals surface area contributed by atoms with Crippen LogP contribution in [0.1, 0.15) is 31.2 Å². The van der Waals surface area contributed by atoms with Gasteiger partial charge in [-0.05, 0) is 31.2 Å². The van der Waals surface area contributed by atoms with Crippen LogP contribution in [0.4, 0.5) is 5.69 Å². The molecule has 112 valence electrons. The Kier molecular flexibility index (Phi) is 3.63. The SMILES string of the molecule is O=C(NC[C@@H]1CCCO1)C1(c2ccc([N+](=O)[O-])cc2)CC1. The second-order valence-corrected chi connectivity index (χ2v) is 5.73. The minimum absolute atomic E-state index is 0.00635. The first-order valence-corrected chi connectivity index (χ1v) is 7.27. The predicted molar refractivity (Wildman–Crippen MR) is 76.0 cm³/mol. The van der Waals surface area contributed by atoms with E-state index in [0.717, 1.165) is 37.9 Å². The maximum atomic E-state index is 12.4. The molecule has 0 radical (unpaired) electrons. The number of nitro benzene ring substituents is 1. The molecule has 1 N–H and O–H groups in total. The number of benzene rings is 1. The van der Waals surface area contributed by atoms with Crippen LogP contribution in [-0.4, -0.2) is 30.1 Å². The first kappa shape index (κ1) is 14.0. The second-order valence-electron chi connectivity index (χ2n) is 5.73. The minimum Gasteiger partial charge on any atom is -0.376 e. The lowest BCUT2D eigenvalue weighted by Gasteiger charge is -2.17. The van der Waals surface area contributed by atoms with E-state index in [2.05, 4.69) is 5.32 Å². The van der Waals surface area contributed by atoms with Crippen LogP contribution in [0.5, 0.6) is 0 Å². The average molecular weight is 290 g/mol. The number of carbonyl (C=O) groups excluding carboxylic acids is 1. The molecular formula is C15H18N2O4. The van der Waals surface area contributed by atoms with Crippen LogP contribution in [0.3, 0.4) is 0 Å². The Morgan fingerprint density at radius 2 is 2.10 bits per heavy atom. The van der Waals surface area contributed by atoms with Crippen LogP contribution in [0.25, 0.3) is 0 Å². The number of amides is 1. The topological polar surface area (TPSA) is 81.5 Å². The maximum absolute atomic E-state index is 12.4. The number of non-ortho nitro benzene ring substituents is 1. The molecular weight excluding hydrogens is 272 g/mol. The molecule has 1 aromatic rings. The van der Waals surface area contributed by atoms with E-state index in [0.29, 0.717) is 6.54 Å². The summed E-state index contributed by atoms with van der Waals surface area (Å²) < 4.78 is 5.49. The summed E-state index contributed by atoms with van der Waals surface area (Å²) in [7, 11) is 0. The van der Waals surface area contributed by atoms with E-state index in [-0.39, 0.29) is 17.7 Å². The van der Waals surface area contributed by atoms with Gasteiger partial charge in [-0.3, -0.25) is 14.9 Å². The Morgan fingerprint density at radius 3 is 2.62 bits per heavy atom. The number of nitro groups is 1. The number of hydrogen-bond donors (Lipinski definition) is 1. The third-order valence-corrected chi connectivity index (χ3v) is 4.33. The van der Waals surface area contributed by atoms with Gasteiger partial charge in [-0.25, -0.2) is 0 Å². The highest BCUT2D eigenvalue weighted by atomic mass is 16.6. The van der Waals surface area contributed by atoms with Crippen molar-refractivity contribution in [2.24, 2.45) is 0 Å². The summed E-state index contributed by atoms with van der Waals surface area (Å²) in [5.74, 6) is 0.00635. The average Bonchev–Trinajstić information content (AvgIpc) is 3.14. The number of carbonyl (C=O) groups is 1. The number of nitrogens with zero attached hydrogens (tertiary/aromatic N) is 1. The van der Waals surface area contributed by atoms with Crippen molar-refractivity contribution in [3.63, 3.8) is 0 Å². The first-order chi connectivity index (χ1) is 10.1. The molecule has 1 heterocycles. The molecule has 0 bridgehead atoms. The van der Waals surface area contributed by atoms with Crippen molar-refractivity contribution < 1.29 is 14.5 Å². The standard InChI is InChI=1S/C15H18N2O4/c18-14(16-10-13-2-1-9-21-13)15(7-8-15)11-3-5-12(6-4-11)17(19)20/h3-6,13H,1-2,7-10H2,(H,16,18)/t13-/m0/s1. The maximum Gasteiger partial charge on any atom is 0.269 e. The van der Waals surface area contributed by atoms with Crippen molar-refractivity contribution in [2.45, 2.75) is 37.2 Å². The van der Waals surface area contributed by atoms with E-state index in [1.165, 1.54) is 12.1 Å². The summed E-state index contributed by atoms with van der Waals surface area (Å²) in [6, 6.07) is 6.30. The molecule has 1 aromatic carbocycles. The third-order valence-electron chi connectivity index (χ3n) is 4.33. The Hall–Kier alpha value is -1.95. The second kappa shape index (κ2) is 5.44. The Morgan fingerprint density at radius 1 is 1.38 bits per heavy atom. The van der Waals surface area contributed by atoms with Gasteiger partial charge in [0.25, 0.3) is 5.69 Å². The zero-order chi connectivity index (χ0) is 14.9. The number of ether oxygens (including phenoxy) is 1. The molecule has 3 rings (SSSR count). The lowest BCUT2D eigenvalue weighted by atomic mass is 9.94. The fourth-order valence-corrected chi connectivity index (χ4v) is 2.86. The van der Waals surface area contributed by atoms with Crippen LogP contribution in [0.2, 0.25) is 0 Å². The Labute approximate surface area is 122 Å². The monoisotopic (exact) mass is 290 g/mol. The van der Waals surface area contributed by atoms with E-state index in [4.69, 9.17) is 4.74 Å². The zero-order valence-corrected chi connectivity index (χ0v) is 11.7. The lowest BCUT2D eigenvalue weighted by molar-refractivity contribution is -0.384. The van der Waals surface area contributed by atoms with Gasteiger partial charge in [0, 0.05) is 25.3 Å². The van der Waals surface area contributed by atoms with Crippen LogP contribution in [0, 0.1) is 10.1 Å². The highest BCUT2D eigenvalue weighted by Crippen LogP contribution is 2.48. The zero-order valence-electron chi connectivity index (χ0n) is 11.7. The summed E-state index contributed by atoms with van der Waals surface area (Å²) in [5.41, 5.74) is 0.417. The van der Waals surface area contributed by atoms with Crippen molar-refractivity contribution in [3.05, 3.63) is 39.9 Å². The quantitative estimate of drug-likeness (QED) is 0.663. The lowest BCUT2D eigenvalue weighted by Crippen LogP contribution is -2.39. The molecule has 21 heavy (non-hydrogen) atoms. The molecule has 0 unspecified atom stereocenters. The molecule has 6 heteroatoms. The van der Waals surface area contributed by atoms with Crippen molar-refractivity contribution in [1.29, 1.82) is 0 Å². The number of nitrogens with one attached hydrogen (secondary N) is 1. The Balaban J connectivity index is 1.65. The molecule has 0 aromatic heterocycles. The van der Waals surface area contributed by atoms with E-state index in [9.17, 15) is 14.9 Å². The van der Waals surface area contributed by atoms with Crippen molar-refractivity contribution in [3.8, 4) is 0 Å². The van der Waals surface area contributed by atoms with Crippen LogP contribution in [-0.2, 0) is 14.9 Å². The van der Waals surface area contributed by atoms with Crippen molar-refractivity contribution in [1.82, 2.24) is 5.32 Å². The van der Waals surface area contributed by atoms with Crippen molar-refractivity contribution >= 4 is 11.6 Å². The molecule has 0 spiro atoms. The van der Waals surface area contributed by atoms with Gasteiger partial charge in [0.05, 0.1) is 16.4 Å². The summed E-state index contributed by atoms with van der Waals surface area (Å²) in [4.78, 5) is 22.6. The summed E-state index contributed by atoms with van der Waals surface area (Å²) in [6.45, 7) is 1.32. The molecule has 1 atom stereocenters. The molecule has 1 aliphatic carbocycles. The van der Waals surface area contributed by atoms with Gasteiger partial charge in [0.1, 0.15) is 0 Å². The van der Waals surface area contributed by atoms with Crippen molar-refractivity contribution in [2.75, 3.05) is 13.2 Å². The summed E-state index contributed by atoms with van der Waals surface area (Å²) in [5, 5.41) is 13.6. The highest BCUT2D eigenvalue weighted by Gasteiger charge is 2.51. The van der Waals surface area contributed by atoms with Crippen LogP contribution >= 0.6 is 0 Å². The molecule has 6 nitrogen and oxygen atoms in total. The molecule has 1 saturated carbocycles. The van der Waals surface area contributed by atoms with Gasteiger partial charge in [-0.1, -0.05) is 12.1 Å².